The minimum absolute atomic E-state index is 0.0541. The van der Waals surface area contributed by atoms with Crippen LogP contribution < -0.4 is 19.5 Å². The first-order valence-electron chi connectivity index (χ1n) is 15.7. The number of methoxy groups -OCH3 is 1. The number of nitrogens with zero attached hydrogens (tertiary/aromatic N) is 1. The molecule has 4 rings (SSSR count). The van der Waals surface area contributed by atoms with E-state index in [4.69, 9.17) is 14.2 Å². The summed E-state index contributed by atoms with van der Waals surface area (Å²) in [6, 6.07) is 22.0. The van der Waals surface area contributed by atoms with Gasteiger partial charge in [0.1, 0.15) is 23.4 Å². The molecule has 2 unspecified atom stereocenters. The zero-order chi connectivity index (χ0) is 31.1. The average Bonchev–Trinajstić information content (AvgIpc) is 3.56. The third-order valence-corrected chi connectivity index (χ3v) is 7.92. The Morgan fingerprint density at radius 3 is 1.98 bits per heavy atom. The molecule has 0 bridgehead atoms. The molecule has 2 N–H and O–H groups in total. The largest absolute Gasteiger partial charge is 0.497 e. The summed E-state index contributed by atoms with van der Waals surface area (Å²) in [4.78, 5) is 27.7. The lowest BCUT2D eigenvalue weighted by atomic mass is 10.0. The van der Waals surface area contributed by atoms with Crippen molar-refractivity contribution in [2.75, 3.05) is 40.0 Å². The van der Waals surface area contributed by atoms with Crippen molar-refractivity contribution >= 4 is 11.7 Å². The lowest BCUT2D eigenvalue weighted by molar-refractivity contribution is -0.123. The third kappa shape index (κ3) is 10.7. The van der Waals surface area contributed by atoms with Gasteiger partial charge in [-0.25, -0.2) is 0 Å². The number of aliphatic hydroxyl groups excluding tert-OH is 1. The molecular formula is C36H46N2O6. The lowest BCUT2D eigenvalue weighted by Crippen LogP contribution is -2.46. The second-order valence-electron chi connectivity index (χ2n) is 11.4. The number of aryl methyl sites for hydroxylation is 1. The maximum atomic E-state index is 12.9. The molecule has 0 spiro atoms. The maximum Gasteiger partial charge on any atom is 0.220 e. The summed E-state index contributed by atoms with van der Waals surface area (Å²) in [5.74, 6) is 2.23. The van der Waals surface area contributed by atoms with Crippen LogP contribution in [-0.2, 0) is 4.79 Å². The predicted molar refractivity (Wildman–Crippen MR) is 172 cm³/mol. The number of aliphatic hydroxyl groups is 1. The van der Waals surface area contributed by atoms with Gasteiger partial charge in [0.05, 0.1) is 26.4 Å². The van der Waals surface area contributed by atoms with Crippen LogP contribution in [0.25, 0.3) is 0 Å². The van der Waals surface area contributed by atoms with Crippen molar-refractivity contribution < 1.29 is 28.9 Å². The molecule has 0 radical (unpaired) electrons. The summed E-state index contributed by atoms with van der Waals surface area (Å²) < 4.78 is 16.8. The fourth-order valence-electron chi connectivity index (χ4n) is 5.31. The highest BCUT2D eigenvalue weighted by atomic mass is 16.5. The number of amides is 1. The molecule has 8 nitrogen and oxygen atoms in total. The van der Waals surface area contributed by atoms with Crippen LogP contribution in [0.4, 0.5) is 0 Å². The molecule has 2 atom stereocenters. The normalized spacial score (nSPS) is 14.5. The summed E-state index contributed by atoms with van der Waals surface area (Å²) in [5, 5.41) is 14.4. The summed E-state index contributed by atoms with van der Waals surface area (Å²) in [6.45, 7) is 5.65. The van der Waals surface area contributed by atoms with Crippen LogP contribution >= 0.6 is 0 Å². The second-order valence-corrected chi connectivity index (χ2v) is 11.4. The number of rotatable bonds is 18. The number of hydrogen-bond donors (Lipinski definition) is 2. The van der Waals surface area contributed by atoms with Crippen LogP contribution in [-0.4, -0.2) is 67.7 Å². The van der Waals surface area contributed by atoms with Gasteiger partial charge in [-0.2, -0.15) is 0 Å². The number of hydrogen-bond acceptors (Lipinski definition) is 7. The van der Waals surface area contributed by atoms with Crippen LogP contribution in [0.5, 0.6) is 17.2 Å². The molecule has 44 heavy (non-hydrogen) atoms. The van der Waals surface area contributed by atoms with Crippen LogP contribution in [0, 0.1) is 6.92 Å². The molecule has 1 fully saturated rings. The van der Waals surface area contributed by atoms with Gasteiger partial charge in [-0.3, -0.25) is 9.59 Å². The molecule has 0 saturated carbocycles. The van der Waals surface area contributed by atoms with Crippen molar-refractivity contribution in [3.8, 4) is 17.2 Å². The van der Waals surface area contributed by atoms with E-state index in [-0.39, 0.29) is 11.7 Å². The second kappa shape index (κ2) is 17.4. The van der Waals surface area contributed by atoms with Crippen molar-refractivity contribution in [2.45, 2.75) is 64.0 Å². The van der Waals surface area contributed by atoms with Gasteiger partial charge in [0.25, 0.3) is 0 Å². The lowest BCUT2D eigenvalue weighted by Gasteiger charge is -2.29. The van der Waals surface area contributed by atoms with E-state index >= 15 is 0 Å². The molecule has 1 saturated heterocycles. The molecular weight excluding hydrogens is 556 g/mol. The van der Waals surface area contributed by atoms with Gasteiger partial charge >= 0.3 is 0 Å². The van der Waals surface area contributed by atoms with Crippen molar-refractivity contribution in [1.82, 2.24) is 10.2 Å². The van der Waals surface area contributed by atoms with E-state index in [1.54, 1.807) is 31.4 Å². The van der Waals surface area contributed by atoms with E-state index in [1.807, 2.05) is 55.5 Å². The minimum Gasteiger partial charge on any atom is -0.497 e. The number of Topliss-reactive ketones (excluding diaryl/α,β-unsaturated/α-hetero) is 1. The number of carbonyl (C=O) groups is 2. The maximum absolute atomic E-state index is 12.9. The topological polar surface area (TPSA) is 97.3 Å². The Hall–Kier alpha value is -3.88. The van der Waals surface area contributed by atoms with Crippen LogP contribution in [0.2, 0.25) is 0 Å². The first-order chi connectivity index (χ1) is 21.4. The fourth-order valence-corrected chi connectivity index (χ4v) is 5.31. The summed E-state index contributed by atoms with van der Waals surface area (Å²) in [5.41, 5.74) is 2.58. The first-order valence-corrected chi connectivity index (χ1v) is 15.7. The van der Waals surface area contributed by atoms with Gasteiger partial charge in [-0.15, -0.1) is 0 Å². The Morgan fingerprint density at radius 2 is 1.36 bits per heavy atom. The quantitative estimate of drug-likeness (QED) is 0.138. The smallest absolute Gasteiger partial charge is 0.220 e. The Bertz CT molecular complexity index is 1290. The van der Waals surface area contributed by atoms with Gasteiger partial charge < -0.3 is 29.5 Å². The van der Waals surface area contributed by atoms with E-state index in [0.717, 1.165) is 49.4 Å². The summed E-state index contributed by atoms with van der Waals surface area (Å²) >= 11 is 0. The predicted octanol–water partition coefficient (Wildman–Crippen LogP) is 5.91. The molecule has 8 heteroatoms. The molecule has 236 valence electrons. The zero-order valence-electron chi connectivity index (χ0n) is 26.0. The van der Waals surface area contributed by atoms with Gasteiger partial charge in [-0.1, -0.05) is 29.8 Å². The standard InChI is InChI=1S/C36H46N2O6/c1-27-10-16-31(17-11-27)43-24-7-25-44-32-20-14-29(15-21-32)36(41)33(26-38-22-5-6-23-38)37-35(40)9-4-3-8-34(39)28-12-18-30(42-2)19-13-28/h10-21,33,36,41H,3-9,22-26H2,1-2H3,(H,37,40). The molecule has 0 aromatic heterocycles. The van der Waals surface area contributed by atoms with Crippen LogP contribution in [0.3, 0.4) is 0 Å². The zero-order valence-corrected chi connectivity index (χ0v) is 26.0. The monoisotopic (exact) mass is 602 g/mol. The number of ether oxygens (including phenoxy) is 3. The highest BCUT2D eigenvalue weighted by molar-refractivity contribution is 5.96. The molecule has 1 aliphatic heterocycles. The van der Waals surface area contributed by atoms with Crippen molar-refractivity contribution in [3.63, 3.8) is 0 Å². The summed E-state index contributed by atoms with van der Waals surface area (Å²) in [7, 11) is 1.59. The minimum atomic E-state index is -0.854. The molecule has 0 aliphatic carbocycles. The Morgan fingerprint density at radius 1 is 0.795 bits per heavy atom. The third-order valence-electron chi connectivity index (χ3n) is 7.92. The van der Waals surface area contributed by atoms with Crippen molar-refractivity contribution in [2.24, 2.45) is 0 Å². The fraction of sp³-hybridized carbons (Fsp3) is 0.444. The average molecular weight is 603 g/mol. The van der Waals surface area contributed by atoms with Crippen LogP contribution in [0.1, 0.15) is 72.5 Å². The van der Waals surface area contributed by atoms with Gasteiger partial charge in [0.2, 0.25) is 5.91 Å². The van der Waals surface area contributed by atoms with E-state index in [9.17, 15) is 14.7 Å². The van der Waals surface area contributed by atoms with Crippen molar-refractivity contribution in [3.05, 3.63) is 89.5 Å². The highest BCUT2D eigenvalue weighted by Crippen LogP contribution is 2.23. The van der Waals surface area contributed by atoms with E-state index in [0.29, 0.717) is 56.8 Å². The number of likely N-dealkylation sites (tertiary alicyclic amines) is 1. The number of carbonyl (C=O) groups excluding carboxylic acids is 2. The van der Waals surface area contributed by atoms with E-state index in [1.165, 1.54) is 5.56 Å². The number of nitrogens with one attached hydrogen (secondary N) is 1. The van der Waals surface area contributed by atoms with E-state index < -0.39 is 12.1 Å². The first kappa shape index (κ1) is 33.0. The molecule has 3 aromatic rings. The van der Waals surface area contributed by atoms with E-state index in [2.05, 4.69) is 10.2 Å². The van der Waals surface area contributed by atoms with Crippen molar-refractivity contribution in [1.29, 1.82) is 0 Å². The summed E-state index contributed by atoms with van der Waals surface area (Å²) in [6.07, 6.45) is 4.06. The number of benzene rings is 3. The molecule has 1 heterocycles. The molecule has 1 amide bonds. The van der Waals surface area contributed by atoms with Crippen LogP contribution in [0.15, 0.2) is 72.8 Å². The Balaban J connectivity index is 1.21. The SMILES string of the molecule is COc1ccc(C(=O)CCCCC(=O)NC(CN2CCCC2)C(O)c2ccc(OCCCOc3ccc(C)cc3)cc2)cc1. The molecule has 1 aliphatic rings. The molecule has 3 aromatic carbocycles. The van der Waals surface area contributed by atoms with Gasteiger partial charge in [0.15, 0.2) is 5.78 Å². The number of unbranched alkanes of at least 4 members (excludes halogenated alkanes) is 1. The van der Waals surface area contributed by atoms with Gasteiger partial charge in [0, 0.05) is 31.4 Å². The Labute approximate surface area is 261 Å². The Kier molecular flexibility index (Phi) is 13.1. The highest BCUT2D eigenvalue weighted by Gasteiger charge is 2.26. The number of ketones is 1. The van der Waals surface area contributed by atoms with Gasteiger partial charge in [-0.05, 0) is 99.8 Å².